The van der Waals surface area contributed by atoms with Crippen molar-refractivity contribution in [3.05, 3.63) is 22.9 Å². The molecule has 0 aliphatic carbocycles. The predicted octanol–water partition coefficient (Wildman–Crippen LogP) is 1.53. The lowest BCUT2D eigenvalue weighted by molar-refractivity contribution is -0.119. The molecule has 0 saturated heterocycles. The lowest BCUT2D eigenvalue weighted by Crippen LogP contribution is -2.36. The second-order valence-corrected chi connectivity index (χ2v) is 4.60. The molecule has 0 fully saturated rings. The van der Waals surface area contributed by atoms with Gasteiger partial charge in [-0.1, -0.05) is 6.92 Å². The fraction of sp³-hybridized carbons (Fsp3) is 0.500. The van der Waals surface area contributed by atoms with Gasteiger partial charge >= 0.3 is 0 Å². The Morgan fingerprint density at radius 3 is 2.79 bits per heavy atom. The molecule has 0 atom stereocenters. The zero-order chi connectivity index (χ0) is 14.4. The second-order valence-electron chi connectivity index (χ2n) is 4.60. The maximum Gasteiger partial charge on any atom is 0.239 e. The molecule has 0 aliphatic rings. The van der Waals surface area contributed by atoms with Gasteiger partial charge < -0.3 is 10.2 Å². The first-order valence-electron chi connectivity index (χ1n) is 6.35. The van der Waals surface area contributed by atoms with E-state index in [0.29, 0.717) is 17.9 Å². The molecule has 0 saturated carbocycles. The van der Waals surface area contributed by atoms with Gasteiger partial charge in [0.1, 0.15) is 11.9 Å². The number of carbonyl (C=O) groups is 1. The number of likely N-dealkylation sites (N-methyl/N-ethyl adjacent to an activating group) is 1. The Kier molecular flexibility index (Phi) is 5.31. The zero-order valence-corrected chi connectivity index (χ0v) is 11.9. The topological polar surface area (TPSA) is 69.0 Å². The molecular formula is C14H20N4O. The lowest BCUT2D eigenvalue weighted by Gasteiger charge is -2.20. The van der Waals surface area contributed by atoms with Crippen LogP contribution in [0, 0.1) is 25.2 Å². The first-order chi connectivity index (χ1) is 8.99. The van der Waals surface area contributed by atoms with Gasteiger partial charge in [0.15, 0.2) is 0 Å². The summed E-state index contributed by atoms with van der Waals surface area (Å²) in [4.78, 5) is 17.8. The second kappa shape index (κ2) is 6.74. The molecule has 1 aromatic rings. The molecular weight excluding hydrogens is 240 g/mol. The number of nitrogens with one attached hydrogen (secondary N) is 1. The van der Waals surface area contributed by atoms with E-state index < -0.39 is 0 Å². The van der Waals surface area contributed by atoms with Crippen molar-refractivity contribution in [3.8, 4) is 6.07 Å². The Labute approximate surface area is 114 Å². The van der Waals surface area contributed by atoms with Crippen molar-refractivity contribution in [2.45, 2.75) is 27.2 Å². The number of hydrogen-bond acceptors (Lipinski definition) is 4. The van der Waals surface area contributed by atoms with Crippen LogP contribution < -0.4 is 10.2 Å². The number of amides is 1. The van der Waals surface area contributed by atoms with E-state index in [9.17, 15) is 10.1 Å². The fourth-order valence-corrected chi connectivity index (χ4v) is 1.84. The third-order valence-electron chi connectivity index (χ3n) is 2.75. The SMILES string of the molecule is CCCNC(=O)CN(C)c1nc(C)cc(C)c1C#N. The van der Waals surface area contributed by atoms with Gasteiger partial charge in [-0.25, -0.2) is 4.98 Å². The van der Waals surface area contributed by atoms with Gasteiger partial charge in [0.2, 0.25) is 5.91 Å². The molecule has 1 heterocycles. The number of rotatable bonds is 5. The number of hydrogen-bond donors (Lipinski definition) is 1. The van der Waals surface area contributed by atoms with Gasteiger partial charge in [-0.05, 0) is 31.9 Å². The average Bonchev–Trinajstić information content (AvgIpc) is 2.35. The number of aromatic nitrogens is 1. The molecule has 0 bridgehead atoms. The highest BCUT2D eigenvalue weighted by molar-refractivity contribution is 5.81. The zero-order valence-electron chi connectivity index (χ0n) is 11.9. The summed E-state index contributed by atoms with van der Waals surface area (Å²) in [6.07, 6.45) is 0.903. The molecule has 1 rings (SSSR count). The van der Waals surface area contributed by atoms with E-state index in [0.717, 1.165) is 17.7 Å². The Balaban J connectivity index is 2.91. The molecule has 0 unspecified atom stereocenters. The van der Waals surface area contributed by atoms with E-state index in [1.165, 1.54) is 0 Å². The van der Waals surface area contributed by atoms with Crippen molar-refractivity contribution < 1.29 is 4.79 Å². The molecule has 0 spiro atoms. The van der Waals surface area contributed by atoms with Gasteiger partial charge in [0.25, 0.3) is 0 Å². The monoisotopic (exact) mass is 260 g/mol. The Bertz CT molecular complexity index is 505. The van der Waals surface area contributed by atoms with E-state index in [-0.39, 0.29) is 12.5 Å². The molecule has 19 heavy (non-hydrogen) atoms. The summed E-state index contributed by atoms with van der Waals surface area (Å²) in [5.74, 6) is 0.501. The first kappa shape index (κ1) is 15.0. The van der Waals surface area contributed by atoms with Gasteiger partial charge in [-0.2, -0.15) is 5.26 Å². The molecule has 102 valence electrons. The predicted molar refractivity (Wildman–Crippen MR) is 75.0 cm³/mol. The highest BCUT2D eigenvalue weighted by Gasteiger charge is 2.15. The van der Waals surface area contributed by atoms with Crippen LogP contribution in [0.15, 0.2) is 6.07 Å². The molecule has 1 N–H and O–H groups in total. The smallest absolute Gasteiger partial charge is 0.239 e. The van der Waals surface area contributed by atoms with Crippen LogP contribution in [0.3, 0.4) is 0 Å². The summed E-state index contributed by atoms with van der Waals surface area (Å²) < 4.78 is 0. The van der Waals surface area contributed by atoms with Crippen LogP contribution >= 0.6 is 0 Å². The van der Waals surface area contributed by atoms with Crippen molar-refractivity contribution >= 4 is 11.7 Å². The van der Waals surface area contributed by atoms with Gasteiger partial charge in [0.05, 0.1) is 12.1 Å². The van der Waals surface area contributed by atoms with Gasteiger partial charge in [-0.3, -0.25) is 4.79 Å². The van der Waals surface area contributed by atoms with Crippen LogP contribution in [-0.2, 0) is 4.79 Å². The van der Waals surface area contributed by atoms with Crippen LogP contribution in [0.25, 0.3) is 0 Å². The molecule has 0 aliphatic heterocycles. The fourth-order valence-electron chi connectivity index (χ4n) is 1.84. The number of nitrogens with zero attached hydrogens (tertiary/aromatic N) is 3. The average molecular weight is 260 g/mol. The van der Waals surface area contributed by atoms with Crippen LogP contribution in [0.2, 0.25) is 0 Å². The Hall–Kier alpha value is -2.09. The van der Waals surface area contributed by atoms with Crippen LogP contribution in [-0.4, -0.2) is 31.0 Å². The third-order valence-corrected chi connectivity index (χ3v) is 2.75. The summed E-state index contributed by atoms with van der Waals surface area (Å²) in [5, 5.41) is 12.0. The number of anilines is 1. The summed E-state index contributed by atoms with van der Waals surface area (Å²) in [6, 6.07) is 4.02. The third kappa shape index (κ3) is 3.95. The maximum atomic E-state index is 11.7. The van der Waals surface area contributed by atoms with Crippen molar-refractivity contribution in [2.24, 2.45) is 0 Å². The normalized spacial score (nSPS) is 9.84. The molecule has 1 amide bonds. The summed E-state index contributed by atoms with van der Waals surface area (Å²) in [5.41, 5.74) is 2.24. The summed E-state index contributed by atoms with van der Waals surface area (Å²) in [7, 11) is 1.77. The number of carbonyl (C=O) groups excluding carboxylic acids is 1. The highest BCUT2D eigenvalue weighted by atomic mass is 16.2. The first-order valence-corrected chi connectivity index (χ1v) is 6.35. The molecule has 5 heteroatoms. The van der Waals surface area contributed by atoms with Crippen molar-refractivity contribution in [1.82, 2.24) is 10.3 Å². The minimum Gasteiger partial charge on any atom is -0.355 e. The molecule has 5 nitrogen and oxygen atoms in total. The van der Waals surface area contributed by atoms with E-state index in [1.807, 2.05) is 26.8 Å². The van der Waals surface area contributed by atoms with Crippen LogP contribution in [0.4, 0.5) is 5.82 Å². The van der Waals surface area contributed by atoms with Crippen LogP contribution in [0.5, 0.6) is 0 Å². The summed E-state index contributed by atoms with van der Waals surface area (Å²) >= 11 is 0. The minimum absolute atomic E-state index is 0.0609. The lowest BCUT2D eigenvalue weighted by atomic mass is 10.1. The number of pyridine rings is 1. The molecule has 0 radical (unpaired) electrons. The highest BCUT2D eigenvalue weighted by Crippen LogP contribution is 2.20. The van der Waals surface area contributed by atoms with E-state index in [2.05, 4.69) is 16.4 Å². The van der Waals surface area contributed by atoms with Crippen LogP contribution in [0.1, 0.15) is 30.2 Å². The van der Waals surface area contributed by atoms with Crippen molar-refractivity contribution in [3.63, 3.8) is 0 Å². The quantitative estimate of drug-likeness (QED) is 0.871. The maximum absolute atomic E-state index is 11.7. The number of aryl methyl sites for hydroxylation is 2. The molecule has 1 aromatic heterocycles. The van der Waals surface area contributed by atoms with Crippen molar-refractivity contribution in [1.29, 1.82) is 5.26 Å². The minimum atomic E-state index is -0.0609. The van der Waals surface area contributed by atoms with Gasteiger partial charge in [0, 0.05) is 19.3 Å². The Morgan fingerprint density at radius 1 is 1.53 bits per heavy atom. The van der Waals surface area contributed by atoms with Crippen molar-refractivity contribution in [2.75, 3.05) is 25.0 Å². The van der Waals surface area contributed by atoms with E-state index >= 15 is 0 Å². The number of nitriles is 1. The molecule has 0 aromatic carbocycles. The summed E-state index contributed by atoms with van der Waals surface area (Å²) in [6.45, 7) is 6.62. The van der Waals surface area contributed by atoms with E-state index in [4.69, 9.17) is 0 Å². The van der Waals surface area contributed by atoms with E-state index in [1.54, 1.807) is 11.9 Å². The van der Waals surface area contributed by atoms with Gasteiger partial charge in [-0.15, -0.1) is 0 Å². The standard InChI is InChI=1S/C14H20N4O/c1-5-6-16-13(19)9-18(4)14-12(8-15)10(2)7-11(3)17-14/h7H,5-6,9H2,1-4H3,(H,16,19). The Morgan fingerprint density at radius 2 is 2.21 bits per heavy atom. The largest absolute Gasteiger partial charge is 0.355 e.